The summed E-state index contributed by atoms with van der Waals surface area (Å²) in [5, 5.41) is 23.2. The first kappa shape index (κ1) is 21.7. The highest BCUT2D eigenvalue weighted by Crippen LogP contribution is 2.40. The lowest BCUT2D eigenvalue weighted by atomic mass is 9.92. The van der Waals surface area contributed by atoms with Crippen LogP contribution in [0.3, 0.4) is 0 Å². The van der Waals surface area contributed by atoms with Crippen LogP contribution in [0, 0.1) is 24.1 Å². The van der Waals surface area contributed by atoms with Crippen molar-refractivity contribution in [2.75, 3.05) is 0 Å². The van der Waals surface area contributed by atoms with Crippen molar-refractivity contribution < 1.29 is 4.39 Å². The first-order valence-corrected chi connectivity index (χ1v) is 10.9. The number of nitrogens with zero attached hydrogens (tertiary/aromatic N) is 5. The number of hydrogen-bond acceptors (Lipinski definition) is 5. The van der Waals surface area contributed by atoms with Crippen LogP contribution in [0.1, 0.15) is 23.7 Å². The normalized spacial score (nSPS) is 11.3. The van der Waals surface area contributed by atoms with Crippen molar-refractivity contribution in [3.05, 3.63) is 74.7 Å². The number of aromatic nitrogens is 5. The van der Waals surface area contributed by atoms with E-state index in [4.69, 9.17) is 11.6 Å². The summed E-state index contributed by atoms with van der Waals surface area (Å²) in [6, 6.07) is 9.13. The smallest absolute Gasteiger partial charge is 0.267 e. The fourth-order valence-corrected chi connectivity index (χ4v) is 4.56. The van der Waals surface area contributed by atoms with E-state index in [1.54, 1.807) is 43.0 Å². The summed E-state index contributed by atoms with van der Waals surface area (Å²) >= 11 is 6.16. The highest BCUT2D eigenvalue weighted by molar-refractivity contribution is 6.31. The van der Waals surface area contributed by atoms with Crippen molar-refractivity contribution in [3.8, 4) is 28.5 Å². The molecule has 9 heteroatoms. The van der Waals surface area contributed by atoms with E-state index in [1.165, 1.54) is 6.20 Å². The van der Waals surface area contributed by atoms with Gasteiger partial charge in [-0.1, -0.05) is 24.6 Å². The van der Waals surface area contributed by atoms with Crippen LogP contribution in [0.25, 0.3) is 44.1 Å². The summed E-state index contributed by atoms with van der Waals surface area (Å²) in [4.78, 5) is 16.5. The predicted molar refractivity (Wildman–Crippen MR) is 129 cm³/mol. The van der Waals surface area contributed by atoms with E-state index >= 15 is 4.39 Å². The molecule has 34 heavy (non-hydrogen) atoms. The summed E-state index contributed by atoms with van der Waals surface area (Å²) in [5.74, 6) is -0.545. The second-order valence-electron chi connectivity index (χ2n) is 7.99. The molecular formula is C25H18ClFN6O. The third kappa shape index (κ3) is 3.17. The maximum atomic E-state index is 15.8. The molecule has 5 aromatic rings. The van der Waals surface area contributed by atoms with Crippen molar-refractivity contribution in [1.29, 1.82) is 5.26 Å². The molecule has 0 spiro atoms. The maximum absolute atomic E-state index is 15.8. The van der Waals surface area contributed by atoms with Crippen molar-refractivity contribution in [2.45, 2.75) is 20.3 Å². The lowest BCUT2D eigenvalue weighted by Crippen LogP contribution is -2.10. The molecule has 0 amide bonds. The van der Waals surface area contributed by atoms with Gasteiger partial charge in [0.05, 0.1) is 44.6 Å². The number of aryl methyl sites for hydroxylation is 3. The number of hydrogen-bond donors (Lipinski definition) is 1. The van der Waals surface area contributed by atoms with E-state index in [9.17, 15) is 10.1 Å². The Bertz CT molecular complexity index is 1730. The summed E-state index contributed by atoms with van der Waals surface area (Å²) < 4.78 is 17.4. The maximum Gasteiger partial charge on any atom is 0.272 e. The van der Waals surface area contributed by atoms with E-state index in [-0.39, 0.29) is 16.7 Å². The van der Waals surface area contributed by atoms with Crippen LogP contribution in [0.4, 0.5) is 4.39 Å². The fourth-order valence-electron chi connectivity index (χ4n) is 4.41. The first-order valence-electron chi connectivity index (χ1n) is 10.6. The molecule has 0 atom stereocenters. The van der Waals surface area contributed by atoms with E-state index in [0.29, 0.717) is 49.9 Å². The van der Waals surface area contributed by atoms with Gasteiger partial charge < -0.3 is 0 Å². The minimum atomic E-state index is -0.545. The lowest BCUT2D eigenvalue weighted by Gasteiger charge is -2.15. The van der Waals surface area contributed by atoms with E-state index < -0.39 is 5.82 Å². The van der Waals surface area contributed by atoms with Gasteiger partial charge in [-0.3, -0.25) is 14.5 Å². The summed E-state index contributed by atoms with van der Waals surface area (Å²) in [7, 11) is 1.69. The number of H-pyrrole nitrogens is 1. The lowest BCUT2D eigenvalue weighted by molar-refractivity contribution is 0.620. The van der Waals surface area contributed by atoms with Gasteiger partial charge in [0, 0.05) is 35.1 Å². The Morgan fingerprint density at radius 2 is 2.00 bits per heavy atom. The van der Waals surface area contributed by atoms with Crippen LogP contribution in [-0.2, 0) is 13.5 Å². The van der Waals surface area contributed by atoms with Gasteiger partial charge in [0.2, 0.25) is 0 Å². The first-order chi connectivity index (χ1) is 16.3. The molecule has 0 radical (unpaired) electrons. The number of aromatic amines is 1. The molecule has 168 valence electrons. The van der Waals surface area contributed by atoms with Crippen LogP contribution in [-0.4, -0.2) is 25.0 Å². The van der Waals surface area contributed by atoms with Gasteiger partial charge in [-0.15, -0.1) is 0 Å². The molecule has 2 aromatic carbocycles. The van der Waals surface area contributed by atoms with Crippen molar-refractivity contribution in [1.82, 2.24) is 25.0 Å². The molecule has 7 nitrogen and oxygen atoms in total. The van der Waals surface area contributed by atoms with Crippen molar-refractivity contribution in [2.24, 2.45) is 7.05 Å². The SMILES string of the molecule is CCc1n[nH]c(=O)c2ccc(-c3cnn(C)c3-c3c(F)c(C)c4ncc(Cl)cc4c3C#N)cc12. The quantitative estimate of drug-likeness (QED) is 0.395. The highest BCUT2D eigenvalue weighted by atomic mass is 35.5. The minimum absolute atomic E-state index is 0.131. The monoisotopic (exact) mass is 472 g/mol. The largest absolute Gasteiger partial charge is 0.272 e. The summed E-state index contributed by atoms with van der Waals surface area (Å²) in [5.41, 5.74) is 3.21. The molecule has 5 rings (SSSR count). The second-order valence-corrected chi connectivity index (χ2v) is 8.43. The Morgan fingerprint density at radius 1 is 1.21 bits per heavy atom. The van der Waals surface area contributed by atoms with Crippen molar-refractivity contribution >= 4 is 33.3 Å². The molecule has 3 heterocycles. The zero-order chi connectivity index (χ0) is 24.1. The fraction of sp³-hybridized carbons (Fsp3) is 0.160. The van der Waals surface area contributed by atoms with Gasteiger partial charge in [0.1, 0.15) is 11.9 Å². The molecule has 0 fully saturated rings. The number of benzene rings is 2. The van der Waals surface area contributed by atoms with Crippen LogP contribution in [0.15, 0.2) is 41.5 Å². The number of fused-ring (bicyclic) bond motifs is 2. The molecule has 0 aliphatic rings. The van der Waals surface area contributed by atoms with Gasteiger partial charge in [-0.25, -0.2) is 9.49 Å². The number of pyridine rings is 1. The van der Waals surface area contributed by atoms with Gasteiger partial charge in [-0.05, 0) is 37.1 Å². The number of nitrogens with one attached hydrogen (secondary N) is 1. The average molecular weight is 473 g/mol. The number of rotatable bonds is 3. The summed E-state index contributed by atoms with van der Waals surface area (Å²) in [6.07, 6.45) is 3.68. The van der Waals surface area contributed by atoms with E-state index in [1.807, 2.05) is 13.0 Å². The average Bonchev–Trinajstić information content (AvgIpc) is 3.22. The van der Waals surface area contributed by atoms with Gasteiger partial charge >= 0.3 is 0 Å². The molecule has 1 N–H and O–H groups in total. The third-order valence-corrected chi connectivity index (χ3v) is 6.29. The van der Waals surface area contributed by atoms with Gasteiger partial charge in [-0.2, -0.15) is 15.5 Å². The van der Waals surface area contributed by atoms with Gasteiger partial charge in [0.15, 0.2) is 0 Å². The third-order valence-electron chi connectivity index (χ3n) is 6.08. The molecule has 0 bridgehead atoms. The molecule has 3 aromatic heterocycles. The number of nitriles is 1. The molecule has 0 aliphatic carbocycles. The van der Waals surface area contributed by atoms with Crippen LogP contribution in [0.2, 0.25) is 5.02 Å². The topological polar surface area (TPSA) is 100 Å². The predicted octanol–water partition coefficient (Wildman–Crippen LogP) is 5.07. The highest BCUT2D eigenvalue weighted by Gasteiger charge is 2.25. The molecule has 0 aliphatic heterocycles. The Balaban J connectivity index is 1.86. The van der Waals surface area contributed by atoms with E-state index in [0.717, 1.165) is 11.3 Å². The van der Waals surface area contributed by atoms with Gasteiger partial charge in [0.25, 0.3) is 5.56 Å². The molecule has 0 saturated heterocycles. The second kappa shape index (κ2) is 8.04. The Labute approximate surface area is 198 Å². The number of halogens is 2. The zero-order valence-electron chi connectivity index (χ0n) is 18.6. The van der Waals surface area contributed by atoms with Crippen molar-refractivity contribution in [3.63, 3.8) is 0 Å². The minimum Gasteiger partial charge on any atom is -0.267 e. The van der Waals surface area contributed by atoms with Crippen LogP contribution >= 0.6 is 11.6 Å². The van der Waals surface area contributed by atoms with Crippen LogP contribution < -0.4 is 5.56 Å². The molecule has 0 unspecified atom stereocenters. The molecule has 0 saturated carbocycles. The summed E-state index contributed by atoms with van der Waals surface area (Å²) in [6.45, 7) is 3.58. The Morgan fingerprint density at radius 3 is 2.74 bits per heavy atom. The van der Waals surface area contributed by atoms with E-state index in [2.05, 4.69) is 26.3 Å². The Kier molecular flexibility index (Phi) is 5.14. The molecular weight excluding hydrogens is 455 g/mol. The van der Waals surface area contributed by atoms with Crippen LogP contribution in [0.5, 0.6) is 0 Å². The Hall–Kier alpha value is -4.09. The zero-order valence-corrected chi connectivity index (χ0v) is 19.3. The standard InChI is InChI=1S/C25H18ClFN6O/c1-4-20-16-7-13(5-6-15(16)25(34)32-31-20)19-11-30-33(3)24(19)21-18(9-28)17-8-14(26)10-29-23(17)12(2)22(21)27/h5-8,10-11H,4H2,1-3H3,(H,32,34).